The molecular formula is C12H11NO3. The second-order valence-corrected chi connectivity index (χ2v) is 4.14. The Bertz CT molecular complexity index is 481. The predicted molar refractivity (Wildman–Crippen MR) is 56.9 cm³/mol. The molecular weight excluding hydrogens is 206 g/mol. The van der Waals surface area contributed by atoms with Gasteiger partial charge in [-0.25, -0.2) is 0 Å². The van der Waals surface area contributed by atoms with Crippen molar-refractivity contribution in [3.63, 3.8) is 0 Å². The van der Waals surface area contributed by atoms with Crippen molar-refractivity contribution in [1.29, 1.82) is 0 Å². The highest BCUT2D eigenvalue weighted by Crippen LogP contribution is 2.27. The Morgan fingerprint density at radius 3 is 2.69 bits per heavy atom. The highest BCUT2D eigenvalue weighted by atomic mass is 16.5. The van der Waals surface area contributed by atoms with Crippen LogP contribution >= 0.6 is 0 Å². The third-order valence-corrected chi connectivity index (χ3v) is 3.00. The highest BCUT2D eigenvalue weighted by molar-refractivity contribution is 6.15. The lowest BCUT2D eigenvalue weighted by Gasteiger charge is -2.15. The SMILES string of the molecule is O=C1CC(=O)N(c2ccc3c(c2)COC3)C1. The Labute approximate surface area is 92.8 Å². The number of anilines is 1. The van der Waals surface area contributed by atoms with Crippen molar-refractivity contribution in [1.82, 2.24) is 0 Å². The van der Waals surface area contributed by atoms with Gasteiger partial charge in [0.15, 0.2) is 5.78 Å². The number of carbonyl (C=O) groups excluding carboxylic acids is 2. The van der Waals surface area contributed by atoms with E-state index in [1.807, 2.05) is 18.2 Å². The zero-order valence-corrected chi connectivity index (χ0v) is 8.73. The lowest BCUT2D eigenvalue weighted by Crippen LogP contribution is -2.24. The number of hydrogen-bond donors (Lipinski definition) is 0. The molecule has 0 radical (unpaired) electrons. The summed E-state index contributed by atoms with van der Waals surface area (Å²) in [5.41, 5.74) is 3.09. The van der Waals surface area contributed by atoms with Crippen LogP contribution in [0, 0.1) is 0 Å². The average molecular weight is 217 g/mol. The molecule has 1 amide bonds. The van der Waals surface area contributed by atoms with Crippen molar-refractivity contribution >= 4 is 17.4 Å². The third kappa shape index (κ3) is 1.42. The van der Waals surface area contributed by atoms with Crippen molar-refractivity contribution < 1.29 is 14.3 Å². The molecule has 0 spiro atoms. The molecule has 1 fully saturated rings. The minimum atomic E-state index is -0.108. The van der Waals surface area contributed by atoms with E-state index in [1.165, 1.54) is 5.56 Å². The van der Waals surface area contributed by atoms with Crippen LogP contribution < -0.4 is 4.90 Å². The molecule has 0 aromatic heterocycles. The number of rotatable bonds is 1. The Balaban J connectivity index is 1.95. The second kappa shape index (κ2) is 3.42. The number of ether oxygens (including phenoxy) is 1. The van der Waals surface area contributed by atoms with Crippen LogP contribution in [0.5, 0.6) is 0 Å². The third-order valence-electron chi connectivity index (χ3n) is 3.00. The molecule has 0 aliphatic carbocycles. The normalized spacial score (nSPS) is 19.4. The quantitative estimate of drug-likeness (QED) is 0.660. The van der Waals surface area contributed by atoms with Gasteiger partial charge in [0.1, 0.15) is 0 Å². The van der Waals surface area contributed by atoms with E-state index in [4.69, 9.17) is 4.74 Å². The number of ketones is 1. The van der Waals surface area contributed by atoms with Gasteiger partial charge in [0.2, 0.25) is 5.91 Å². The molecule has 0 atom stereocenters. The molecule has 16 heavy (non-hydrogen) atoms. The molecule has 0 saturated carbocycles. The van der Waals surface area contributed by atoms with Crippen LogP contribution in [0.25, 0.3) is 0 Å². The maximum absolute atomic E-state index is 11.6. The van der Waals surface area contributed by atoms with Crippen molar-refractivity contribution in [3.05, 3.63) is 29.3 Å². The molecule has 2 aliphatic heterocycles. The fourth-order valence-corrected chi connectivity index (χ4v) is 2.15. The number of hydrogen-bond acceptors (Lipinski definition) is 3. The molecule has 3 rings (SSSR count). The molecule has 4 nitrogen and oxygen atoms in total. The summed E-state index contributed by atoms with van der Waals surface area (Å²) in [5.74, 6) is -0.120. The molecule has 1 saturated heterocycles. The lowest BCUT2D eigenvalue weighted by atomic mass is 10.1. The van der Waals surface area contributed by atoms with Crippen LogP contribution in [0.3, 0.4) is 0 Å². The zero-order valence-electron chi connectivity index (χ0n) is 8.73. The van der Waals surface area contributed by atoms with E-state index in [2.05, 4.69) is 0 Å². The van der Waals surface area contributed by atoms with Crippen molar-refractivity contribution in [3.8, 4) is 0 Å². The molecule has 0 N–H and O–H groups in total. The fourth-order valence-electron chi connectivity index (χ4n) is 2.15. The van der Waals surface area contributed by atoms with Crippen LogP contribution in [-0.4, -0.2) is 18.2 Å². The van der Waals surface area contributed by atoms with Crippen LogP contribution in [0.1, 0.15) is 17.5 Å². The highest BCUT2D eigenvalue weighted by Gasteiger charge is 2.29. The topological polar surface area (TPSA) is 46.6 Å². The number of carbonyl (C=O) groups is 2. The second-order valence-electron chi connectivity index (χ2n) is 4.14. The van der Waals surface area contributed by atoms with E-state index < -0.39 is 0 Å². The summed E-state index contributed by atoms with van der Waals surface area (Å²) in [5, 5.41) is 0. The molecule has 4 heteroatoms. The molecule has 82 valence electrons. The molecule has 1 aromatic carbocycles. The molecule has 0 unspecified atom stereocenters. The minimum absolute atomic E-state index is 0.0123. The van der Waals surface area contributed by atoms with Gasteiger partial charge < -0.3 is 9.64 Å². The number of benzene rings is 1. The molecule has 0 bridgehead atoms. The Morgan fingerprint density at radius 2 is 1.94 bits per heavy atom. The smallest absolute Gasteiger partial charge is 0.234 e. The first-order valence-corrected chi connectivity index (χ1v) is 5.25. The molecule has 1 aromatic rings. The van der Waals surface area contributed by atoms with E-state index in [1.54, 1.807) is 4.90 Å². The summed E-state index contributed by atoms with van der Waals surface area (Å²) in [6.45, 7) is 1.44. The van der Waals surface area contributed by atoms with Gasteiger partial charge in [-0.1, -0.05) is 6.07 Å². The summed E-state index contributed by atoms with van der Waals surface area (Å²) in [7, 11) is 0. The fraction of sp³-hybridized carbons (Fsp3) is 0.333. The van der Waals surface area contributed by atoms with Gasteiger partial charge in [-0.2, -0.15) is 0 Å². The Kier molecular flexibility index (Phi) is 2.04. The number of nitrogens with zero attached hydrogens (tertiary/aromatic N) is 1. The number of amides is 1. The first-order valence-electron chi connectivity index (χ1n) is 5.25. The van der Waals surface area contributed by atoms with E-state index in [0.717, 1.165) is 11.3 Å². The van der Waals surface area contributed by atoms with E-state index in [-0.39, 0.29) is 24.7 Å². The Morgan fingerprint density at radius 1 is 1.12 bits per heavy atom. The van der Waals surface area contributed by atoms with Crippen LogP contribution in [-0.2, 0) is 27.5 Å². The standard InChI is InChI=1S/C12H11NO3/c14-11-4-12(15)13(5-11)10-2-1-8-6-16-7-9(8)3-10/h1-3H,4-7H2. The maximum Gasteiger partial charge on any atom is 0.234 e. The van der Waals surface area contributed by atoms with E-state index in [9.17, 15) is 9.59 Å². The predicted octanol–water partition coefficient (Wildman–Crippen LogP) is 1.02. The average Bonchev–Trinajstić information content (AvgIpc) is 2.83. The first kappa shape index (κ1) is 9.54. The summed E-state index contributed by atoms with van der Waals surface area (Å²) in [6.07, 6.45) is 0.0353. The van der Waals surface area contributed by atoms with E-state index >= 15 is 0 Å². The number of Topliss-reactive ketones (excluding diaryl/α,β-unsaturated/α-hetero) is 1. The van der Waals surface area contributed by atoms with Crippen LogP contribution in [0.2, 0.25) is 0 Å². The molecule has 2 heterocycles. The van der Waals surface area contributed by atoms with Gasteiger partial charge in [0.25, 0.3) is 0 Å². The summed E-state index contributed by atoms with van der Waals surface area (Å²) >= 11 is 0. The lowest BCUT2D eigenvalue weighted by molar-refractivity contribution is -0.121. The molecule has 2 aliphatic rings. The van der Waals surface area contributed by atoms with Gasteiger partial charge in [-0.05, 0) is 23.3 Å². The number of fused-ring (bicyclic) bond motifs is 1. The summed E-state index contributed by atoms with van der Waals surface area (Å²) in [4.78, 5) is 24.3. The monoisotopic (exact) mass is 217 g/mol. The summed E-state index contributed by atoms with van der Waals surface area (Å²) < 4.78 is 5.31. The van der Waals surface area contributed by atoms with Gasteiger partial charge in [0, 0.05) is 5.69 Å². The van der Waals surface area contributed by atoms with Crippen molar-refractivity contribution in [2.24, 2.45) is 0 Å². The summed E-state index contributed by atoms with van der Waals surface area (Å²) in [6, 6.07) is 5.79. The zero-order chi connectivity index (χ0) is 11.1. The van der Waals surface area contributed by atoms with Crippen LogP contribution in [0.4, 0.5) is 5.69 Å². The minimum Gasteiger partial charge on any atom is -0.372 e. The Hall–Kier alpha value is -1.68. The van der Waals surface area contributed by atoms with Crippen molar-refractivity contribution in [2.75, 3.05) is 11.4 Å². The van der Waals surface area contributed by atoms with Gasteiger partial charge in [0.05, 0.1) is 26.2 Å². The van der Waals surface area contributed by atoms with Gasteiger partial charge in [-0.15, -0.1) is 0 Å². The first-order chi connectivity index (χ1) is 7.74. The van der Waals surface area contributed by atoms with Crippen LogP contribution in [0.15, 0.2) is 18.2 Å². The largest absolute Gasteiger partial charge is 0.372 e. The van der Waals surface area contributed by atoms with E-state index in [0.29, 0.717) is 13.2 Å². The maximum atomic E-state index is 11.6. The van der Waals surface area contributed by atoms with Crippen molar-refractivity contribution in [2.45, 2.75) is 19.6 Å². The van der Waals surface area contributed by atoms with Gasteiger partial charge in [-0.3, -0.25) is 9.59 Å². The van der Waals surface area contributed by atoms with Gasteiger partial charge >= 0.3 is 0 Å².